The zero-order chi connectivity index (χ0) is 14.8. The molecule has 1 aliphatic heterocycles. The molecule has 1 aromatic carbocycles. The quantitative estimate of drug-likeness (QED) is 0.869. The normalized spacial score (nSPS) is 21.0. The average Bonchev–Trinajstić information content (AvgIpc) is 3.02. The number of hydrogen-bond donors (Lipinski definition) is 1. The number of benzene rings is 1. The van der Waals surface area contributed by atoms with Crippen LogP contribution in [0, 0.1) is 5.82 Å². The highest BCUT2D eigenvalue weighted by Crippen LogP contribution is 2.32. The fraction of sp³-hybridized carbons (Fsp3) is 0.625. The van der Waals surface area contributed by atoms with Gasteiger partial charge in [0.1, 0.15) is 0 Å². The van der Waals surface area contributed by atoms with E-state index in [9.17, 15) is 4.39 Å². The van der Waals surface area contributed by atoms with Crippen LogP contribution < -0.4 is 15.4 Å². The molecule has 0 radical (unpaired) electrons. The second-order valence-electron chi connectivity index (χ2n) is 6.01. The number of nitrogen functional groups attached to an aromatic ring is 1. The Hall–Kier alpha value is -1.49. The second kappa shape index (κ2) is 6.10. The molecule has 0 unspecified atom stereocenters. The monoisotopic (exact) mass is 293 g/mol. The highest BCUT2D eigenvalue weighted by atomic mass is 19.1. The summed E-state index contributed by atoms with van der Waals surface area (Å²) in [5, 5.41) is 0. The highest BCUT2D eigenvalue weighted by Gasteiger charge is 2.27. The summed E-state index contributed by atoms with van der Waals surface area (Å²) in [5.41, 5.74) is 7.36. The minimum absolute atomic E-state index is 0.262. The van der Waals surface area contributed by atoms with E-state index in [2.05, 4.69) is 9.80 Å². The van der Waals surface area contributed by atoms with Crippen LogP contribution >= 0.6 is 0 Å². The number of nitrogens with zero attached hydrogens (tertiary/aromatic N) is 2. The van der Waals surface area contributed by atoms with Crippen molar-refractivity contribution in [2.45, 2.75) is 31.7 Å². The van der Waals surface area contributed by atoms with Crippen molar-refractivity contribution in [2.75, 3.05) is 43.9 Å². The van der Waals surface area contributed by atoms with Crippen molar-refractivity contribution in [3.63, 3.8) is 0 Å². The maximum Gasteiger partial charge on any atom is 0.167 e. The van der Waals surface area contributed by atoms with Gasteiger partial charge in [0.25, 0.3) is 0 Å². The van der Waals surface area contributed by atoms with Crippen LogP contribution in [0.3, 0.4) is 0 Å². The van der Waals surface area contributed by atoms with E-state index in [1.54, 1.807) is 6.07 Å². The van der Waals surface area contributed by atoms with E-state index in [1.165, 1.54) is 38.9 Å². The van der Waals surface area contributed by atoms with Gasteiger partial charge < -0.3 is 15.4 Å². The highest BCUT2D eigenvalue weighted by molar-refractivity contribution is 5.70. The molecule has 0 amide bonds. The Balaban J connectivity index is 1.69. The summed E-state index contributed by atoms with van der Waals surface area (Å²) in [7, 11) is 1.48. The van der Waals surface area contributed by atoms with Crippen molar-refractivity contribution >= 4 is 11.4 Å². The van der Waals surface area contributed by atoms with Crippen LogP contribution in [0.2, 0.25) is 0 Å². The molecule has 5 heteroatoms. The van der Waals surface area contributed by atoms with Gasteiger partial charge in [-0.15, -0.1) is 0 Å². The van der Waals surface area contributed by atoms with E-state index in [0.717, 1.165) is 37.9 Å². The molecule has 4 nitrogen and oxygen atoms in total. The molecule has 1 aromatic rings. The van der Waals surface area contributed by atoms with Gasteiger partial charge >= 0.3 is 0 Å². The maximum atomic E-state index is 13.6. The molecule has 0 bridgehead atoms. The Morgan fingerprint density at radius 3 is 2.43 bits per heavy atom. The molecule has 116 valence electrons. The predicted molar refractivity (Wildman–Crippen MR) is 83.4 cm³/mol. The van der Waals surface area contributed by atoms with Gasteiger partial charge in [0.15, 0.2) is 11.6 Å². The zero-order valence-electron chi connectivity index (χ0n) is 12.6. The first kappa shape index (κ1) is 14.4. The second-order valence-corrected chi connectivity index (χ2v) is 6.01. The third-order valence-electron chi connectivity index (χ3n) is 4.80. The topological polar surface area (TPSA) is 41.7 Å². The molecular formula is C16H24FN3O. The third kappa shape index (κ3) is 2.93. The van der Waals surface area contributed by atoms with Gasteiger partial charge in [-0.1, -0.05) is 12.8 Å². The summed E-state index contributed by atoms with van der Waals surface area (Å²) in [6.07, 6.45) is 5.42. The van der Waals surface area contributed by atoms with E-state index >= 15 is 0 Å². The Morgan fingerprint density at radius 2 is 1.81 bits per heavy atom. The van der Waals surface area contributed by atoms with Crippen LogP contribution in [0.5, 0.6) is 5.75 Å². The largest absolute Gasteiger partial charge is 0.494 e. The molecule has 1 heterocycles. The lowest BCUT2D eigenvalue weighted by Gasteiger charge is -2.39. The van der Waals surface area contributed by atoms with E-state index in [4.69, 9.17) is 10.5 Å². The molecule has 21 heavy (non-hydrogen) atoms. The van der Waals surface area contributed by atoms with Crippen molar-refractivity contribution < 1.29 is 9.13 Å². The van der Waals surface area contributed by atoms with Crippen LogP contribution in [0.15, 0.2) is 12.1 Å². The minimum Gasteiger partial charge on any atom is -0.494 e. The molecular weight excluding hydrogens is 269 g/mol. The fourth-order valence-electron chi connectivity index (χ4n) is 3.59. The Labute approximate surface area is 125 Å². The molecule has 2 fully saturated rings. The van der Waals surface area contributed by atoms with E-state index in [1.807, 2.05) is 0 Å². The lowest BCUT2D eigenvalue weighted by atomic mass is 10.1. The molecule has 0 spiro atoms. The molecule has 0 aromatic heterocycles. The van der Waals surface area contributed by atoms with Gasteiger partial charge in [-0.25, -0.2) is 4.39 Å². The van der Waals surface area contributed by atoms with Gasteiger partial charge in [-0.3, -0.25) is 4.90 Å². The van der Waals surface area contributed by atoms with Gasteiger partial charge in [0.2, 0.25) is 0 Å². The maximum absolute atomic E-state index is 13.6. The first-order valence-corrected chi connectivity index (χ1v) is 7.81. The molecule has 0 atom stereocenters. The molecule has 1 aliphatic carbocycles. The Kier molecular flexibility index (Phi) is 4.19. The first-order chi connectivity index (χ1) is 10.2. The smallest absolute Gasteiger partial charge is 0.167 e. The number of rotatable bonds is 3. The van der Waals surface area contributed by atoms with Crippen LogP contribution in [0.1, 0.15) is 25.7 Å². The fourth-order valence-corrected chi connectivity index (χ4v) is 3.59. The summed E-state index contributed by atoms with van der Waals surface area (Å²) in [5.74, 6) is -0.138. The summed E-state index contributed by atoms with van der Waals surface area (Å²) in [6.45, 7) is 4.00. The number of hydrogen-bond acceptors (Lipinski definition) is 4. The first-order valence-electron chi connectivity index (χ1n) is 7.81. The number of anilines is 2. The van der Waals surface area contributed by atoms with Gasteiger partial charge in [-0.05, 0) is 12.8 Å². The summed E-state index contributed by atoms with van der Waals surface area (Å²) in [4.78, 5) is 4.84. The molecule has 3 rings (SSSR count). The van der Waals surface area contributed by atoms with Crippen molar-refractivity contribution in [1.29, 1.82) is 0 Å². The van der Waals surface area contributed by atoms with Gasteiger partial charge in [-0.2, -0.15) is 0 Å². The number of halogens is 1. The number of methoxy groups -OCH3 is 1. The zero-order valence-corrected chi connectivity index (χ0v) is 12.6. The van der Waals surface area contributed by atoms with Crippen LogP contribution in [0.4, 0.5) is 15.8 Å². The molecule has 1 saturated carbocycles. The van der Waals surface area contributed by atoms with E-state index in [-0.39, 0.29) is 5.75 Å². The number of piperazine rings is 1. The Bertz CT molecular complexity index is 495. The van der Waals surface area contributed by atoms with E-state index in [0.29, 0.717) is 5.69 Å². The van der Waals surface area contributed by atoms with Crippen LogP contribution in [-0.4, -0.2) is 44.2 Å². The summed E-state index contributed by atoms with van der Waals surface area (Å²) < 4.78 is 18.7. The molecule has 2 N–H and O–H groups in total. The number of ether oxygens (including phenoxy) is 1. The Morgan fingerprint density at radius 1 is 1.14 bits per heavy atom. The minimum atomic E-state index is -0.400. The van der Waals surface area contributed by atoms with Crippen LogP contribution in [0.25, 0.3) is 0 Å². The van der Waals surface area contributed by atoms with Crippen molar-refractivity contribution in [3.8, 4) is 5.75 Å². The average molecular weight is 293 g/mol. The van der Waals surface area contributed by atoms with Crippen LogP contribution in [-0.2, 0) is 0 Å². The standard InChI is InChI=1S/C16H24FN3O/c1-21-16-11-15(14(18)10-13(16)17)20-8-6-19(7-9-20)12-4-2-3-5-12/h10-12H,2-9,18H2,1H3. The lowest BCUT2D eigenvalue weighted by Crippen LogP contribution is -2.49. The SMILES string of the molecule is COc1cc(N2CCN(C3CCCC3)CC2)c(N)cc1F. The third-order valence-corrected chi connectivity index (χ3v) is 4.80. The van der Waals surface area contributed by atoms with Gasteiger partial charge in [0, 0.05) is 44.4 Å². The van der Waals surface area contributed by atoms with Crippen molar-refractivity contribution in [3.05, 3.63) is 17.9 Å². The molecule has 1 saturated heterocycles. The molecule has 2 aliphatic rings. The predicted octanol–water partition coefficient (Wildman–Crippen LogP) is 2.48. The summed E-state index contributed by atoms with van der Waals surface area (Å²) in [6, 6.07) is 3.85. The summed E-state index contributed by atoms with van der Waals surface area (Å²) >= 11 is 0. The number of nitrogens with two attached hydrogens (primary N) is 1. The lowest BCUT2D eigenvalue weighted by molar-refractivity contribution is 0.187. The van der Waals surface area contributed by atoms with Crippen molar-refractivity contribution in [1.82, 2.24) is 4.90 Å². The van der Waals surface area contributed by atoms with Crippen molar-refractivity contribution in [2.24, 2.45) is 0 Å². The van der Waals surface area contributed by atoms with Gasteiger partial charge in [0.05, 0.1) is 18.5 Å². The van der Waals surface area contributed by atoms with E-state index < -0.39 is 5.82 Å².